The Bertz CT molecular complexity index is 700. The van der Waals surface area contributed by atoms with Crippen LogP contribution < -0.4 is 0 Å². The molecular formula is C16H12N2. The first-order valence-corrected chi connectivity index (χ1v) is 6.03. The van der Waals surface area contributed by atoms with Crippen LogP contribution in [0.15, 0.2) is 48.5 Å². The second kappa shape index (κ2) is 4.46. The van der Waals surface area contributed by atoms with Gasteiger partial charge in [-0.1, -0.05) is 36.4 Å². The molecular weight excluding hydrogens is 220 g/mol. The van der Waals surface area contributed by atoms with Crippen LogP contribution in [-0.4, -0.2) is 4.98 Å². The van der Waals surface area contributed by atoms with E-state index in [2.05, 4.69) is 23.2 Å². The third kappa shape index (κ3) is 1.70. The molecule has 0 fully saturated rings. The molecule has 0 atom stereocenters. The van der Waals surface area contributed by atoms with Gasteiger partial charge in [0, 0.05) is 17.2 Å². The summed E-state index contributed by atoms with van der Waals surface area (Å²) in [4.78, 5) is 4.66. The van der Waals surface area contributed by atoms with E-state index in [-0.39, 0.29) is 0 Å². The zero-order valence-electron chi connectivity index (χ0n) is 9.93. The summed E-state index contributed by atoms with van der Waals surface area (Å²) in [5.41, 5.74) is 3.24. The Morgan fingerprint density at radius 2 is 1.44 bits per heavy atom. The number of nitriles is 1. The van der Waals surface area contributed by atoms with Gasteiger partial charge in [-0.05, 0) is 24.1 Å². The van der Waals surface area contributed by atoms with E-state index in [0.717, 1.165) is 28.2 Å². The number of fused-ring (bicyclic) bond motifs is 2. The van der Waals surface area contributed by atoms with Gasteiger partial charge in [0.05, 0.1) is 17.1 Å². The normalized spacial score (nSPS) is 10.6. The van der Waals surface area contributed by atoms with Gasteiger partial charge in [0.25, 0.3) is 0 Å². The van der Waals surface area contributed by atoms with E-state index in [1.807, 2.05) is 36.4 Å². The first-order chi connectivity index (χ1) is 8.90. The maximum Gasteiger partial charge on any atom is 0.0712 e. The van der Waals surface area contributed by atoms with Crippen molar-refractivity contribution >= 4 is 21.8 Å². The predicted molar refractivity (Wildman–Crippen MR) is 73.2 cm³/mol. The van der Waals surface area contributed by atoms with Crippen molar-refractivity contribution in [2.24, 2.45) is 0 Å². The van der Waals surface area contributed by atoms with Gasteiger partial charge in [-0.3, -0.25) is 0 Å². The van der Waals surface area contributed by atoms with E-state index in [0.29, 0.717) is 6.42 Å². The summed E-state index contributed by atoms with van der Waals surface area (Å²) in [7, 11) is 0. The number of pyridine rings is 1. The number of hydrogen-bond acceptors (Lipinski definition) is 2. The second-order valence-corrected chi connectivity index (χ2v) is 4.28. The van der Waals surface area contributed by atoms with E-state index in [1.165, 1.54) is 5.56 Å². The molecule has 0 amide bonds. The number of nitrogens with zero attached hydrogens (tertiary/aromatic N) is 2. The molecule has 0 radical (unpaired) electrons. The zero-order chi connectivity index (χ0) is 12.4. The topological polar surface area (TPSA) is 36.7 Å². The predicted octanol–water partition coefficient (Wildman–Crippen LogP) is 3.84. The fourth-order valence-corrected chi connectivity index (χ4v) is 2.38. The van der Waals surface area contributed by atoms with Crippen LogP contribution in [0.1, 0.15) is 12.0 Å². The maximum absolute atomic E-state index is 8.81. The second-order valence-electron chi connectivity index (χ2n) is 4.28. The highest BCUT2D eigenvalue weighted by Gasteiger charge is 2.07. The number of aromatic nitrogens is 1. The Morgan fingerprint density at radius 1 is 0.889 bits per heavy atom. The molecule has 0 aliphatic carbocycles. The summed E-state index contributed by atoms with van der Waals surface area (Å²) in [6.07, 6.45) is 1.32. The highest BCUT2D eigenvalue weighted by Crippen LogP contribution is 2.26. The lowest BCUT2D eigenvalue weighted by molar-refractivity contribution is 1.03. The largest absolute Gasteiger partial charge is 0.248 e. The van der Waals surface area contributed by atoms with Crippen molar-refractivity contribution in [1.29, 1.82) is 5.26 Å². The first-order valence-electron chi connectivity index (χ1n) is 6.03. The van der Waals surface area contributed by atoms with Crippen molar-refractivity contribution in [3.8, 4) is 6.07 Å². The molecule has 1 aromatic heterocycles. The summed E-state index contributed by atoms with van der Waals surface area (Å²) in [5.74, 6) is 0. The van der Waals surface area contributed by atoms with Crippen molar-refractivity contribution < 1.29 is 0 Å². The summed E-state index contributed by atoms with van der Waals surface area (Å²) in [5, 5.41) is 11.1. The first kappa shape index (κ1) is 10.7. The molecule has 0 N–H and O–H groups in total. The quantitative estimate of drug-likeness (QED) is 0.629. The van der Waals surface area contributed by atoms with Gasteiger partial charge in [0.1, 0.15) is 0 Å². The zero-order valence-corrected chi connectivity index (χ0v) is 9.93. The minimum Gasteiger partial charge on any atom is -0.248 e. The lowest BCUT2D eigenvalue weighted by Gasteiger charge is -2.09. The van der Waals surface area contributed by atoms with Gasteiger partial charge in [0.15, 0.2) is 0 Å². The van der Waals surface area contributed by atoms with Gasteiger partial charge < -0.3 is 0 Å². The average Bonchev–Trinajstić information content (AvgIpc) is 2.43. The van der Waals surface area contributed by atoms with Crippen LogP contribution in [0.3, 0.4) is 0 Å². The van der Waals surface area contributed by atoms with Crippen LogP contribution in [0, 0.1) is 11.3 Å². The number of para-hydroxylation sites is 2. The molecule has 0 spiro atoms. The van der Waals surface area contributed by atoms with E-state index in [9.17, 15) is 0 Å². The molecule has 0 saturated heterocycles. The van der Waals surface area contributed by atoms with E-state index >= 15 is 0 Å². The molecule has 86 valence electrons. The molecule has 3 aromatic rings. The molecule has 2 heteroatoms. The molecule has 2 aromatic carbocycles. The van der Waals surface area contributed by atoms with E-state index in [4.69, 9.17) is 5.26 Å². The number of rotatable bonds is 2. The minimum atomic E-state index is 0.540. The number of benzene rings is 2. The van der Waals surface area contributed by atoms with Crippen LogP contribution in [0.5, 0.6) is 0 Å². The van der Waals surface area contributed by atoms with Crippen molar-refractivity contribution in [3.05, 3.63) is 54.1 Å². The summed E-state index contributed by atoms with van der Waals surface area (Å²) >= 11 is 0. The molecule has 0 saturated carbocycles. The number of aryl methyl sites for hydroxylation is 1. The molecule has 0 bridgehead atoms. The van der Waals surface area contributed by atoms with Crippen molar-refractivity contribution in [2.45, 2.75) is 12.8 Å². The van der Waals surface area contributed by atoms with E-state index < -0.39 is 0 Å². The minimum absolute atomic E-state index is 0.540. The number of hydrogen-bond donors (Lipinski definition) is 0. The lowest BCUT2D eigenvalue weighted by Crippen LogP contribution is -1.92. The van der Waals surface area contributed by atoms with Crippen molar-refractivity contribution in [1.82, 2.24) is 4.98 Å². The fourth-order valence-electron chi connectivity index (χ4n) is 2.38. The van der Waals surface area contributed by atoms with Crippen LogP contribution in [-0.2, 0) is 6.42 Å². The Hall–Kier alpha value is -2.40. The molecule has 0 unspecified atom stereocenters. The molecule has 1 heterocycles. The Balaban J connectivity index is 2.38. The van der Waals surface area contributed by atoms with Gasteiger partial charge >= 0.3 is 0 Å². The van der Waals surface area contributed by atoms with Crippen LogP contribution >= 0.6 is 0 Å². The van der Waals surface area contributed by atoms with Crippen LogP contribution in [0.25, 0.3) is 21.8 Å². The summed E-state index contributed by atoms with van der Waals surface area (Å²) in [6.45, 7) is 0. The Labute approximate surface area is 106 Å². The van der Waals surface area contributed by atoms with Gasteiger partial charge in [0.2, 0.25) is 0 Å². The van der Waals surface area contributed by atoms with Gasteiger partial charge in [-0.25, -0.2) is 4.98 Å². The Kier molecular flexibility index (Phi) is 2.66. The van der Waals surface area contributed by atoms with E-state index in [1.54, 1.807) is 0 Å². The lowest BCUT2D eigenvalue weighted by atomic mass is 9.99. The molecule has 18 heavy (non-hydrogen) atoms. The van der Waals surface area contributed by atoms with Crippen LogP contribution in [0.4, 0.5) is 0 Å². The van der Waals surface area contributed by atoms with Gasteiger partial charge in [-0.2, -0.15) is 5.26 Å². The molecule has 3 rings (SSSR count). The van der Waals surface area contributed by atoms with Crippen molar-refractivity contribution in [3.63, 3.8) is 0 Å². The smallest absolute Gasteiger partial charge is 0.0712 e. The molecule has 2 nitrogen and oxygen atoms in total. The molecule has 0 aliphatic heterocycles. The molecule has 0 aliphatic rings. The van der Waals surface area contributed by atoms with Gasteiger partial charge in [-0.15, -0.1) is 0 Å². The Morgan fingerprint density at radius 3 is 2.00 bits per heavy atom. The van der Waals surface area contributed by atoms with Crippen molar-refractivity contribution in [2.75, 3.05) is 0 Å². The SMILES string of the molecule is N#CCCc1c2ccccc2nc2ccccc12. The maximum atomic E-state index is 8.81. The fraction of sp³-hybridized carbons (Fsp3) is 0.125. The summed E-state index contributed by atoms with van der Waals surface area (Å²) in [6, 6.07) is 18.5. The highest BCUT2D eigenvalue weighted by atomic mass is 14.7. The standard InChI is InChI=1S/C16H12N2/c17-11-5-8-12-13-6-1-3-9-15(13)18-16-10-4-2-7-14(12)16/h1-4,6-7,9-10H,5,8H2. The third-order valence-corrected chi connectivity index (χ3v) is 3.19. The van der Waals surface area contributed by atoms with Crippen LogP contribution in [0.2, 0.25) is 0 Å². The monoisotopic (exact) mass is 232 g/mol. The average molecular weight is 232 g/mol. The summed E-state index contributed by atoms with van der Waals surface area (Å²) < 4.78 is 0. The third-order valence-electron chi connectivity index (χ3n) is 3.19. The highest BCUT2D eigenvalue weighted by molar-refractivity contribution is 5.97.